The van der Waals surface area contributed by atoms with Crippen LogP contribution in [-0.2, 0) is 0 Å². The molecule has 3 heteroatoms. The van der Waals surface area contributed by atoms with Crippen molar-refractivity contribution in [1.82, 2.24) is 14.7 Å². The molecule has 0 aromatic rings. The van der Waals surface area contributed by atoms with E-state index in [4.69, 9.17) is 0 Å². The molecule has 0 saturated heterocycles. The van der Waals surface area contributed by atoms with Crippen molar-refractivity contribution >= 4 is 0 Å². The van der Waals surface area contributed by atoms with Crippen molar-refractivity contribution in [1.29, 1.82) is 0 Å². The fourth-order valence-electron chi connectivity index (χ4n) is 23.5. The van der Waals surface area contributed by atoms with E-state index in [1.165, 1.54) is 141 Å². The van der Waals surface area contributed by atoms with E-state index >= 15 is 0 Å². The fourth-order valence-corrected chi connectivity index (χ4v) is 23.5. The van der Waals surface area contributed by atoms with Gasteiger partial charge in [0.15, 0.2) is 0 Å². The zero-order valence-corrected chi connectivity index (χ0v) is 42.5. The summed E-state index contributed by atoms with van der Waals surface area (Å²) in [6, 6.07) is 8.26. The molecular formula is C62H103N3. The molecule has 0 heterocycles. The van der Waals surface area contributed by atoms with Crippen LogP contribution in [0, 0.1) is 71.0 Å². The predicted molar refractivity (Wildman–Crippen MR) is 271 cm³/mol. The molecule has 0 aromatic heterocycles. The van der Waals surface area contributed by atoms with Crippen LogP contribution in [0.2, 0.25) is 0 Å². The first kappa shape index (κ1) is 44.8. The topological polar surface area (TPSA) is 9.72 Å². The van der Waals surface area contributed by atoms with Gasteiger partial charge in [-0.1, -0.05) is 148 Å². The molecule has 13 aliphatic carbocycles. The lowest BCUT2D eigenvalue weighted by Gasteiger charge is -2.63. The van der Waals surface area contributed by atoms with Crippen molar-refractivity contribution in [2.45, 2.75) is 318 Å². The van der Waals surface area contributed by atoms with E-state index in [1.54, 1.807) is 122 Å². The SMILES string of the molecule is C1CCC(N(C2CCCCC2)C2CCC3C4C(CCCC42)C2C3C(N(C3CCCCC3)C3CCCCC3)C3C4CCCC5CCCC(C54)C3C2N(C2CCCCC2)C2CCCCC2)CC1. The Labute approximate surface area is 401 Å². The lowest BCUT2D eigenvalue weighted by molar-refractivity contribution is -0.141. The monoisotopic (exact) mass is 890 g/mol. The van der Waals surface area contributed by atoms with Gasteiger partial charge in [0.1, 0.15) is 0 Å². The van der Waals surface area contributed by atoms with Crippen molar-refractivity contribution in [2.75, 3.05) is 0 Å². The maximum absolute atomic E-state index is 3.69. The van der Waals surface area contributed by atoms with E-state index in [2.05, 4.69) is 14.7 Å². The zero-order chi connectivity index (χ0) is 42.8. The van der Waals surface area contributed by atoms with Crippen molar-refractivity contribution in [3.63, 3.8) is 0 Å². The molecule has 15 unspecified atom stereocenters. The number of rotatable bonds is 9. The molecule has 13 fully saturated rings. The standard InChI is InChI=1S/C62H103N3/c1-7-24-43(25-8-1)63(44-26-9-2-10-27-44)54-41-40-53-56-49(54)36-21-39-52(56)59-60(53)62(65(47-32-15-5-16-33-47)48-34-17-6-18-35-48)58-51-38-20-23-42-22-19-37-50(55(42)51)57(58)61(59)64(45-28-11-3-12-29-45)46-30-13-4-14-31-46/h42-62H,1-41H2. The van der Waals surface area contributed by atoms with Crippen LogP contribution in [0.3, 0.4) is 0 Å². The molecule has 0 N–H and O–H groups in total. The average Bonchev–Trinajstić information content (AvgIpc) is 3.90. The Balaban J connectivity index is 0.980. The molecule has 3 nitrogen and oxygen atoms in total. The van der Waals surface area contributed by atoms with Gasteiger partial charge in [-0.15, -0.1) is 0 Å². The van der Waals surface area contributed by atoms with Gasteiger partial charge in [0.05, 0.1) is 0 Å². The third-order valence-corrected chi connectivity index (χ3v) is 25.1. The summed E-state index contributed by atoms with van der Waals surface area (Å²) in [5, 5.41) is 0. The summed E-state index contributed by atoms with van der Waals surface area (Å²) in [6.07, 6.45) is 63.9. The first-order chi connectivity index (χ1) is 32.3. The smallest absolute Gasteiger partial charge is 0.0170 e. The lowest BCUT2D eigenvalue weighted by Crippen LogP contribution is -2.68. The van der Waals surface area contributed by atoms with Crippen LogP contribution in [0.15, 0.2) is 0 Å². The van der Waals surface area contributed by atoms with Gasteiger partial charge in [-0.25, -0.2) is 0 Å². The van der Waals surface area contributed by atoms with Crippen LogP contribution in [0.5, 0.6) is 0 Å². The van der Waals surface area contributed by atoms with Gasteiger partial charge in [0.25, 0.3) is 0 Å². The van der Waals surface area contributed by atoms with Gasteiger partial charge >= 0.3 is 0 Å². The first-order valence-corrected chi connectivity index (χ1v) is 31.7. The largest absolute Gasteiger partial charge is 0.294 e. The van der Waals surface area contributed by atoms with E-state index in [0.717, 1.165) is 125 Å². The van der Waals surface area contributed by atoms with Crippen LogP contribution < -0.4 is 0 Å². The maximum Gasteiger partial charge on any atom is 0.0170 e. The Hall–Kier alpha value is -0.120. The molecule has 13 aliphatic rings. The molecule has 0 aromatic carbocycles. The van der Waals surface area contributed by atoms with Gasteiger partial charge in [-0.2, -0.15) is 0 Å². The van der Waals surface area contributed by atoms with E-state index < -0.39 is 0 Å². The molecule has 13 rings (SSSR count). The summed E-state index contributed by atoms with van der Waals surface area (Å²) in [6.45, 7) is 0. The Morgan fingerprint density at radius 2 is 0.477 bits per heavy atom. The molecule has 13 saturated carbocycles. The quantitative estimate of drug-likeness (QED) is 0.228. The second kappa shape index (κ2) is 19.8. The Kier molecular flexibility index (Phi) is 13.7. The normalized spacial score (nSPS) is 46.3. The third kappa shape index (κ3) is 8.00. The highest BCUT2D eigenvalue weighted by Gasteiger charge is 2.72. The van der Waals surface area contributed by atoms with Crippen LogP contribution >= 0.6 is 0 Å². The van der Waals surface area contributed by atoms with E-state index in [1.807, 2.05) is 0 Å². The molecular weight excluding hydrogens is 787 g/mol. The van der Waals surface area contributed by atoms with Crippen molar-refractivity contribution < 1.29 is 0 Å². The highest BCUT2D eigenvalue weighted by atomic mass is 15.3. The number of nitrogens with zero attached hydrogens (tertiary/aromatic N) is 3. The zero-order valence-electron chi connectivity index (χ0n) is 42.5. The number of hydrogen-bond donors (Lipinski definition) is 0. The highest BCUT2D eigenvalue weighted by molar-refractivity contribution is 5.23. The summed E-state index contributed by atoms with van der Waals surface area (Å²) >= 11 is 0. The first-order valence-electron chi connectivity index (χ1n) is 31.7. The van der Waals surface area contributed by atoms with Gasteiger partial charge in [0.2, 0.25) is 0 Å². The lowest BCUT2D eigenvalue weighted by atomic mass is 9.56. The Morgan fingerprint density at radius 1 is 0.185 bits per heavy atom. The van der Waals surface area contributed by atoms with Crippen LogP contribution in [0.1, 0.15) is 263 Å². The summed E-state index contributed by atoms with van der Waals surface area (Å²) in [4.78, 5) is 10.8. The maximum atomic E-state index is 3.69. The van der Waals surface area contributed by atoms with Crippen molar-refractivity contribution in [3.05, 3.63) is 0 Å². The van der Waals surface area contributed by atoms with Crippen LogP contribution in [0.4, 0.5) is 0 Å². The van der Waals surface area contributed by atoms with Gasteiger partial charge in [-0.05, 0) is 187 Å². The van der Waals surface area contributed by atoms with Crippen LogP contribution in [0.25, 0.3) is 0 Å². The molecule has 0 amide bonds. The van der Waals surface area contributed by atoms with E-state index in [0.29, 0.717) is 0 Å². The van der Waals surface area contributed by atoms with E-state index in [-0.39, 0.29) is 0 Å². The molecule has 0 bridgehead atoms. The summed E-state index contributed by atoms with van der Waals surface area (Å²) in [5.41, 5.74) is 0. The van der Waals surface area contributed by atoms with Crippen molar-refractivity contribution in [2.24, 2.45) is 71.0 Å². The minimum absolute atomic E-state index is 0.910. The molecule has 0 spiro atoms. The molecule has 15 atom stereocenters. The molecule has 65 heavy (non-hydrogen) atoms. The third-order valence-electron chi connectivity index (χ3n) is 25.1. The summed E-state index contributed by atoms with van der Waals surface area (Å²) in [5.74, 6) is 12.5. The second-order valence-electron chi connectivity index (χ2n) is 27.6. The van der Waals surface area contributed by atoms with Gasteiger partial charge in [-0.3, -0.25) is 14.7 Å². The number of hydrogen-bond acceptors (Lipinski definition) is 3. The van der Waals surface area contributed by atoms with E-state index in [9.17, 15) is 0 Å². The van der Waals surface area contributed by atoms with Gasteiger partial charge < -0.3 is 0 Å². The summed E-state index contributed by atoms with van der Waals surface area (Å²) < 4.78 is 0. The molecule has 366 valence electrons. The predicted octanol–water partition coefficient (Wildman–Crippen LogP) is 15.8. The van der Waals surface area contributed by atoms with Crippen LogP contribution in [-0.4, -0.2) is 69.1 Å². The summed E-state index contributed by atoms with van der Waals surface area (Å²) in [7, 11) is 0. The number of fused-ring (bicyclic) bond motifs is 6. The molecule has 0 aliphatic heterocycles. The van der Waals surface area contributed by atoms with Gasteiger partial charge in [0, 0.05) is 54.4 Å². The minimum atomic E-state index is 0.910. The second-order valence-corrected chi connectivity index (χ2v) is 27.6. The van der Waals surface area contributed by atoms with Crippen molar-refractivity contribution in [3.8, 4) is 0 Å². The minimum Gasteiger partial charge on any atom is -0.294 e. The Bertz CT molecular complexity index is 1390. The molecule has 0 radical (unpaired) electrons. The Morgan fingerprint density at radius 3 is 0.846 bits per heavy atom. The fraction of sp³-hybridized carbons (Fsp3) is 1.00. The highest BCUT2D eigenvalue weighted by Crippen LogP contribution is 2.73. The average molecular weight is 891 g/mol.